The lowest BCUT2D eigenvalue weighted by molar-refractivity contribution is 0.278. The van der Waals surface area contributed by atoms with E-state index in [2.05, 4.69) is 0 Å². The first-order valence-corrected chi connectivity index (χ1v) is 7.40. The number of hydrogen-bond donors (Lipinski definition) is 2. The second kappa shape index (κ2) is 6.68. The number of nitrogens with two attached hydrogens (primary N) is 2. The lowest BCUT2D eigenvalue weighted by Crippen LogP contribution is -2.14. The Kier molecular flexibility index (Phi) is 4.45. The van der Waals surface area contributed by atoms with Gasteiger partial charge in [0.15, 0.2) is 11.5 Å². The Balaban J connectivity index is 2.21. The van der Waals surface area contributed by atoms with E-state index in [1.807, 2.05) is 6.07 Å². The molecule has 0 aliphatic heterocycles. The molecule has 0 saturated carbocycles. The highest BCUT2D eigenvalue weighted by Crippen LogP contribution is 2.32. The Labute approximate surface area is 132 Å². The van der Waals surface area contributed by atoms with E-state index in [9.17, 15) is 4.79 Å². The summed E-state index contributed by atoms with van der Waals surface area (Å²) in [4.78, 5) is 12.6. The molecule has 0 amide bonds. The maximum atomic E-state index is 12.6. The van der Waals surface area contributed by atoms with Crippen molar-refractivity contribution in [1.29, 1.82) is 0 Å². The minimum absolute atomic E-state index is 0.107. The maximum absolute atomic E-state index is 12.6. The number of ether oxygens (including phenoxy) is 2. The van der Waals surface area contributed by atoms with Crippen molar-refractivity contribution in [2.75, 3.05) is 26.3 Å². The van der Waals surface area contributed by atoms with E-state index in [1.54, 1.807) is 30.3 Å². The minimum atomic E-state index is -0.107. The van der Waals surface area contributed by atoms with Crippen molar-refractivity contribution < 1.29 is 13.9 Å². The third-order valence-corrected chi connectivity index (χ3v) is 3.39. The van der Waals surface area contributed by atoms with Crippen molar-refractivity contribution in [1.82, 2.24) is 0 Å². The van der Waals surface area contributed by atoms with Gasteiger partial charge < -0.3 is 25.4 Å². The molecule has 0 aliphatic carbocycles. The first-order valence-electron chi connectivity index (χ1n) is 7.40. The zero-order valence-electron chi connectivity index (χ0n) is 12.6. The van der Waals surface area contributed by atoms with E-state index in [4.69, 9.17) is 25.4 Å². The summed E-state index contributed by atoms with van der Waals surface area (Å²) >= 11 is 0. The molecule has 0 radical (unpaired) electrons. The van der Waals surface area contributed by atoms with Crippen molar-refractivity contribution >= 4 is 21.9 Å². The van der Waals surface area contributed by atoms with E-state index in [1.165, 1.54) is 0 Å². The fraction of sp³-hybridized carbons (Fsp3) is 0.235. The van der Waals surface area contributed by atoms with Crippen LogP contribution in [0.1, 0.15) is 0 Å². The van der Waals surface area contributed by atoms with Gasteiger partial charge in [-0.1, -0.05) is 12.1 Å². The van der Waals surface area contributed by atoms with Crippen LogP contribution in [-0.2, 0) is 0 Å². The largest absolute Gasteiger partial charge is 0.488 e. The molecule has 23 heavy (non-hydrogen) atoms. The van der Waals surface area contributed by atoms with E-state index < -0.39 is 0 Å². The number of benzene rings is 2. The quantitative estimate of drug-likeness (QED) is 0.671. The molecular formula is C17H18N2O4. The average molecular weight is 314 g/mol. The van der Waals surface area contributed by atoms with Crippen molar-refractivity contribution in [2.45, 2.75) is 0 Å². The average Bonchev–Trinajstić information content (AvgIpc) is 2.58. The summed E-state index contributed by atoms with van der Waals surface area (Å²) in [5.41, 5.74) is 11.8. The number of rotatable bonds is 6. The Hall–Kier alpha value is -2.57. The van der Waals surface area contributed by atoms with Gasteiger partial charge in [0.1, 0.15) is 24.4 Å². The van der Waals surface area contributed by atoms with Crippen LogP contribution in [0.5, 0.6) is 11.5 Å². The molecular weight excluding hydrogens is 296 g/mol. The molecule has 1 aromatic heterocycles. The third kappa shape index (κ3) is 2.99. The Morgan fingerprint density at radius 1 is 0.870 bits per heavy atom. The second-order valence-electron chi connectivity index (χ2n) is 5.00. The highest BCUT2D eigenvalue weighted by atomic mass is 16.5. The summed E-state index contributed by atoms with van der Waals surface area (Å²) in [5.74, 6) is 0.939. The molecule has 1 heterocycles. The highest BCUT2D eigenvalue weighted by Gasteiger charge is 2.13. The fourth-order valence-corrected chi connectivity index (χ4v) is 2.37. The fourth-order valence-electron chi connectivity index (χ4n) is 2.37. The minimum Gasteiger partial charge on any atom is -0.488 e. The summed E-state index contributed by atoms with van der Waals surface area (Å²) in [6, 6.07) is 10.4. The van der Waals surface area contributed by atoms with Crippen LogP contribution in [0.25, 0.3) is 21.9 Å². The first kappa shape index (κ1) is 15.3. The Morgan fingerprint density at radius 3 is 2.22 bits per heavy atom. The van der Waals surface area contributed by atoms with Gasteiger partial charge in [0.05, 0.1) is 10.8 Å². The van der Waals surface area contributed by atoms with Crippen LogP contribution in [0.4, 0.5) is 0 Å². The molecule has 0 spiro atoms. The van der Waals surface area contributed by atoms with Crippen LogP contribution >= 0.6 is 0 Å². The molecule has 6 nitrogen and oxygen atoms in total. The molecule has 0 saturated heterocycles. The second-order valence-corrected chi connectivity index (χ2v) is 5.00. The van der Waals surface area contributed by atoms with Crippen LogP contribution < -0.4 is 26.4 Å². The summed E-state index contributed by atoms with van der Waals surface area (Å²) < 4.78 is 17.0. The van der Waals surface area contributed by atoms with Gasteiger partial charge in [0.2, 0.25) is 5.43 Å². The smallest absolute Gasteiger partial charge is 0.200 e. The van der Waals surface area contributed by atoms with Crippen LogP contribution in [0, 0.1) is 0 Å². The molecule has 6 heteroatoms. The molecule has 0 bridgehead atoms. The van der Waals surface area contributed by atoms with Crippen LogP contribution in [-0.4, -0.2) is 26.3 Å². The predicted octanol–water partition coefficient (Wildman–Crippen LogP) is 1.62. The summed E-state index contributed by atoms with van der Waals surface area (Å²) in [7, 11) is 0. The van der Waals surface area contributed by atoms with Gasteiger partial charge in [-0.25, -0.2) is 0 Å². The van der Waals surface area contributed by atoms with Crippen LogP contribution in [0.3, 0.4) is 0 Å². The Morgan fingerprint density at radius 2 is 1.52 bits per heavy atom. The predicted molar refractivity (Wildman–Crippen MR) is 89.1 cm³/mol. The van der Waals surface area contributed by atoms with Crippen molar-refractivity contribution in [3.05, 3.63) is 46.6 Å². The topological polar surface area (TPSA) is 101 Å². The van der Waals surface area contributed by atoms with Gasteiger partial charge >= 0.3 is 0 Å². The normalized spacial score (nSPS) is 11.0. The Bertz CT molecular complexity index is 889. The standard InChI is InChI=1S/C17H18N2O4/c18-5-7-21-15-9-12-14(10-16(15)22-8-6-19)23-13-4-2-1-3-11(13)17(12)20/h1-4,9-10H,5-8,18-19H2. The molecule has 120 valence electrons. The first-order chi connectivity index (χ1) is 11.2. The SMILES string of the molecule is NCCOc1cc2oc3ccccc3c(=O)c2cc1OCCN. The van der Waals surface area contributed by atoms with Gasteiger partial charge in [0, 0.05) is 19.2 Å². The molecule has 0 fully saturated rings. The van der Waals surface area contributed by atoms with Gasteiger partial charge in [0.25, 0.3) is 0 Å². The molecule has 2 aromatic carbocycles. The van der Waals surface area contributed by atoms with E-state index >= 15 is 0 Å². The lowest BCUT2D eigenvalue weighted by Gasteiger charge is -2.13. The summed E-state index contributed by atoms with van der Waals surface area (Å²) in [5, 5.41) is 0.969. The highest BCUT2D eigenvalue weighted by molar-refractivity contribution is 5.91. The molecule has 3 aromatic rings. The molecule has 4 N–H and O–H groups in total. The van der Waals surface area contributed by atoms with Gasteiger partial charge in [-0.3, -0.25) is 4.79 Å². The van der Waals surface area contributed by atoms with Gasteiger partial charge in [-0.2, -0.15) is 0 Å². The van der Waals surface area contributed by atoms with Crippen LogP contribution in [0.15, 0.2) is 45.6 Å². The van der Waals surface area contributed by atoms with Crippen molar-refractivity contribution in [2.24, 2.45) is 11.5 Å². The van der Waals surface area contributed by atoms with E-state index in [-0.39, 0.29) is 5.43 Å². The van der Waals surface area contributed by atoms with E-state index in [0.29, 0.717) is 59.7 Å². The zero-order valence-corrected chi connectivity index (χ0v) is 12.6. The molecule has 3 rings (SSSR count). The molecule has 0 unspecified atom stereocenters. The molecule has 0 aliphatic rings. The zero-order chi connectivity index (χ0) is 16.2. The number of fused-ring (bicyclic) bond motifs is 2. The van der Waals surface area contributed by atoms with Crippen molar-refractivity contribution in [3.8, 4) is 11.5 Å². The third-order valence-electron chi connectivity index (χ3n) is 3.39. The summed E-state index contributed by atoms with van der Waals surface area (Å²) in [6.45, 7) is 1.39. The van der Waals surface area contributed by atoms with Gasteiger partial charge in [-0.15, -0.1) is 0 Å². The number of hydrogen-bond acceptors (Lipinski definition) is 6. The van der Waals surface area contributed by atoms with Crippen LogP contribution in [0.2, 0.25) is 0 Å². The monoisotopic (exact) mass is 314 g/mol. The van der Waals surface area contributed by atoms with Gasteiger partial charge in [-0.05, 0) is 18.2 Å². The van der Waals surface area contributed by atoms with E-state index in [0.717, 1.165) is 0 Å². The van der Waals surface area contributed by atoms with Crippen molar-refractivity contribution in [3.63, 3.8) is 0 Å². The molecule has 0 atom stereocenters. The maximum Gasteiger partial charge on any atom is 0.200 e. The lowest BCUT2D eigenvalue weighted by atomic mass is 10.1. The number of para-hydroxylation sites is 1. The summed E-state index contributed by atoms with van der Waals surface area (Å²) in [6.07, 6.45) is 0.